The van der Waals surface area contributed by atoms with Crippen LogP contribution < -0.4 is 14.9 Å². The molecule has 0 aliphatic carbocycles. The number of hydrogen-bond acceptors (Lipinski definition) is 5. The predicted octanol–water partition coefficient (Wildman–Crippen LogP) is 3.08. The Morgan fingerprint density at radius 2 is 1.78 bits per heavy atom. The van der Waals surface area contributed by atoms with Crippen molar-refractivity contribution in [3.63, 3.8) is 0 Å². The third-order valence-electron chi connectivity index (χ3n) is 4.62. The van der Waals surface area contributed by atoms with Crippen LogP contribution in [-0.4, -0.2) is 32.4 Å². The van der Waals surface area contributed by atoms with Gasteiger partial charge in [-0.15, -0.1) is 0 Å². The standard InChI is InChI=1S/C19H24N4O3S/c1-14-9-11-23(12-10-14)17-5-8-19(20-13-17)22-27(25,26)18-6-3-16(4-7-18)21-15(2)24/h3-8,13-14H,9-12H2,1-2H3,(H,20,22)(H,21,24). The van der Waals surface area contributed by atoms with E-state index in [1.165, 1.54) is 19.1 Å². The number of piperidine rings is 1. The molecule has 1 aliphatic heterocycles. The van der Waals surface area contributed by atoms with E-state index in [0.717, 1.165) is 37.5 Å². The predicted molar refractivity (Wildman–Crippen MR) is 106 cm³/mol. The number of benzene rings is 1. The van der Waals surface area contributed by atoms with E-state index >= 15 is 0 Å². The van der Waals surface area contributed by atoms with E-state index in [-0.39, 0.29) is 16.6 Å². The van der Waals surface area contributed by atoms with Gasteiger partial charge in [0.15, 0.2) is 0 Å². The van der Waals surface area contributed by atoms with Crippen LogP contribution in [0.3, 0.4) is 0 Å². The van der Waals surface area contributed by atoms with Gasteiger partial charge in [-0.2, -0.15) is 0 Å². The number of hydrogen-bond donors (Lipinski definition) is 2. The lowest BCUT2D eigenvalue weighted by atomic mass is 9.99. The number of carbonyl (C=O) groups is 1. The van der Waals surface area contributed by atoms with Gasteiger partial charge in [0, 0.05) is 25.7 Å². The van der Waals surface area contributed by atoms with Crippen LogP contribution in [0.15, 0.2) is 47.5 Å². The van der Waals surface area contributed by atoms with Gasteiger partial charge in [-0.3, -0.25) is 9.52 Å². The van der Waals surface area contributed by atoms with Gasteiger partial charge in [0.05, 0.1) is 16.8 Å². The minimum atomic E-state index is -3.74. The van der Waals surface area contributed by atoms with E-state index in [0.29, 0.717) is 5.69 Å². The topological polar surface area (TPSA) is 91.4 Å². The molecular formula is C19H24N4O3S. The highest BCUT2D eigenvalue weighted by Gasteiger charge is 2.18. The average molecular weight is 388 g/mol. The third-order valence-corrected chi connectivity index (χ3v) is 5.99. The molecule has 0 radical (unpaired) electrons. The second-order valence-corrected chi connectivity index (χ2v) is 8.56. The quantitative estimate of drug-likeness (QED) is 0.821. The van der Waals surface area contributed by atoms with Crippen LogP contribution in [0, 0.1) is 5.92 Å². The van der Waals surface area contributed by atoms with Crippen LogP contribution in [0.25, 0.3) is 0 Å². The number of aromatic nitrogens is 1. The van der Waals surface area contributed by atoms with Crippen molar-refractivity contribution >= 4 is 33.1 Å². The lowest BCUT2D eigenvalue weighted by Gasteiger charge is -2.31. The molecule has 1 aliphatic rings. The highest BCUT2D eigenvalue weighted by molar-refractivity contribution is 7.92. The van der Waals surface area contributed by atoms with Gasteiger partial charge in [0.2, 0.25) is 5.91 Å². The Hall–Kier alpha value is -2.61. The van der Waals surface area contributed by atoms with E-state index in [1.807, 2.05) is 6.07 Å². The number of anilines is 3. The number of carbonyl (C=O) groups excluding carboxylic acids is 1. The van der Waals surface area contributed by atoms with Gasteiger partial charge >= 0.3 is 0 Å². The van der Waals surface area contributed by atoms with Crippen molar-refractivity contribution < 1.29 is 13.2 Å². The molecule has 0 unspecified atom stereocenters. The number of nitrogens with zero attached hydrogens (tertiary/aromatic N) is 2. The first-order valence-corrected chi connectivity index (χ1v) is 10.4. The number of amides is 1. The summed E-state index contributed by atoms with van der Waals surface area (Å²) in [6.45, 7) is 5.64. The minimum Gasteiger partial charge on any atom is -0.370 e. The average Bonchev–Trinajstić information content (AvgIpc) is 2.63. The Morgan fingerprint density at radius 3 is 2.33 bits per heavy atom. The van der Waals surface area contributed by atoms with Crippen molar-refractivity contribution in [3.05, 3.63) is 42.6 Å². The zero-order valence-electron chi connectivity index (χ0n) is 15.5. The van der Waals surface area contributed by atoms with E-state index in [2.05, 4.69) is 26.8 Å². The number of pyridine rings is 1. The molecule has 27 heavy (non-hydrogen) atoms. The Bertz CT molecular complexity index is 888. The molecule has 3 rings (SSSR count). The second kappa shape index (κ2) is 7.96. The molecule has 1 aromatic carbocycles. The van der Waals surface area contributed by atoms with Crippen molar-refractivity contribution in [2.24, 2.45) is 5.92 Å². The van der Waals surface area contributed by atoms with E-state index in [1.54, 1.807) is 24.4 Å². The zero-order valence-corrected chi connectivity index (χ0v) is 16.3. The molecule has 144 valence electrons. The van der Waals surface area contributed by atoms with Crippen molar-refractivity contribution in [1.82, 2.24) is 4.98 Å². The lowest BCUT2D eigenvalue weighted by molar-refractivity contribution is -0.114. The number of rotatable bonds is 5. The fourth-order valence-corrected chi connectivity index (χ4v) is 4.03. The first kappa shape index (κ1) is 19.2. The number of sulfonamides is 1. The largest absolute Gasteiger partial charge is 0.370 e. The monoisotopic (exact) mass is 388 g/mol. The summed E-state index contributed by atoms with van der Waals surface area (Å²) < 4.78 is 27.5. The summed E-state index contributed by atoms with van der Waals surface area (Å²) >= 11 is 0. The fourth-order valence-electron chi connectivity index (χ4n) is 3.02. The van der Waals surface area contributed by atoms with Crippen LogP contribution in [0.4, 0.5) is 17.2 Å². The summed E-state index contributed by atoms with van der Waals surface area (Å²) in [6, 6.07) is 9.54. The molecule has 2 N–H and O–H groups in total. The van der Waals surface area contributed by atoms with Gasteiger partial charge < -0.3 is 10.2 Å². The third kappa shape index (κ3) is 4.97. The van der Waals surface area contributed by atoms with Crippen LogP contribution in [0.2, 0.25) is 0 Å². The molecule has 1 saturated heterocycles. The maximum absolute atomic E-state index is 12.5. The van der Waals surface area contributed by atoms with Crippen molar-refractivity contribution in [3.8, 4) is 0 Å². The molecule has 8 heteroatoms. The summed E-state index contributed by atoms with van der Waals surface area (Å²) in [7, 11) is -3.74. The summed E-state index contributed by atoms with van der Waals surface area (Å²) in [5.41, 5.74) is 1.55. The highest BCUT2D eigenvalue weighted by atomic mass is 32.2. The Morgan fingerprint density at radius 1 is 1.11 bits per heavy atom. The van der Waals surface area contributed by atoms with Crippen LogP contribution >= 0.6 is 0 Å². The molecule has 0 spiro atoms. The lowest BCUT2D eigenvalue weighted by Crippen LogP contribution is -2.32. The van der Waals surface area contributed by atoms with Crippen LogP contribution in [0.1, 0.15) is 26.7 Å². The second-order valence-electron chi connectivity index (χ2n) is 6.88. The van der Waals surface area contributed by atoms with Gasteiger partial charge in [-0.25, -0.2) is 13.4 Å². The molecule has 0 atom stereocenters. The van der Waals surface area contributed by atoms with Crippen LogP contribution in [-0.2, 0) is 14.8 Å². The van der Waals surface area contributed by atoms with Crippen molar-refractivity contribution in [1.29, 1.82) is 0 Å². The van der Waals surface area contributed by atoms with Gasteiger partial charge in [-0.1, -0.05) is 6.92 Å². The Balaban J connectivity index is 1.67. The summed E-state index contributed by atoms with van der Waals surface area (Å²) in [5.74, 6) is 0.809. The normalized spacial score (nSPS) is 15.4. The molecule has 2 aromatic rings. The summed E-state index contributed by atoms with van der Waals surface area (Å²) in [6.07, 6.45) is 4.01. The summed E-state index contributed by atoms with van der Waals surface area (Å²) in [5, 5.41) is 2.60. The number of nitrogens with one attached hydrogen (secondary N) is 2. The van der Waals surface area contributed by atoms with Crippen molar-refractivity contribution in [2.75, 3.05) is 28.0 Å². The van der Waals surface area contributed by atoms with Crippen LogP contribution in [0.5, 0.6) is 0 Å². The maximum atomic E-state index is 12.5. The molecule has 1 amide bonds. The Kier molecular flexibility index (Phi) is 5.65. The zero-order chi connectivity index (χ0) is 19.4. The van der Waals surface area contributed by atoms with Gasteiger partial charge in [-0.05, 0) is 55.2 Å². The van der Waals surface area contributed by atoms with E-state index in [9.17, 15) is 13.2 Å². The molecule has 2 heterocycles. The van der Waals surface area contributed by atoms with Crippen molar-refractivity contribution in [2.45, 2.75) is 31.6 Å². The van der Waals surface area contributed by atoms with E-state index in [4.69, 9.17) is 0 Å². The minimum absolute atomic E-state index is 0.104. The molecule has 1 fully saturated rings. The molecule has 0 saturated carbocycles. The van der Waals surface area contributed by atoms with E-state index < -0.39 is 10.0 Å². The first-order valence-electron chi connectivity index (χ1n) is 8.95. The molecule has 0 bridgehead atoms. The highest BCUT2D eigenvalue weighted by Crippen LogP contribution is 2.24. The first-order chi connectivity index (χ1) is 12.8. The smallest absolute Gasteiger partial charge is 0.263 e. The summed E-state index contributed by atoms with van der Waals surface area (Å²) in [4.78, 5) is 17.7. The maximum Gasteiger partial charge on any atom is 0.263 e. The molecular weight excluding hydrogens is 364 g/mol. The molecule has 1 aromatic heterocycles. The molecule has 7 nitrogen and oxygen atoms in total. The van der Waals surface area contributed by atoms with Gasteiger partial charge in [0.1, 0.15) is 5.82 Å². The van der Waals surface area contributed by atoms with Gasteiger partial charge in [0.25, 0.3) is 10.0 Å². The Labute approximate surface area is 159 Å². The fraction of sp³-hybridized carbons (Fsp3) is 0.368. The SMILES string of the molecule is CC(=O)Nc1ccc(S(=O)(=O)Nc2ccc(N3CCC(C)CC3)cn2)cc1.